The van der Waals surface area contributed by atoms with Gasteiger partial charge in [0.25, 0.3) is 11.3 Å². The van der Waals surface area contributed by atoms with Crippen LogP contribution in [0.4, 0.5) is 10.5 Å². The second-order valence-corrected chi connectivity index (χ2v) is 4.51. The van der Waals surface area contributed by atoms with Gasteiger partial charge in [-0.1, -0.05) is 36.4 Å². The van der Waals surface area contributed by atoms with E-state index < -0.39 is 17.3 Å². The zero-order chi connectivity index (χ0) is 14.4. The van der Waals surface area contributed by atoms with Gasteiger partial charge in [0.1, 0.15) is 0 Å². The summed E-state index contributed by atoms with van der Waals surface area (Å²) in [5.74, 6) is 0.414. The highest BCUT2D eigenvalue weighted by Gasteiger charge is 2.21. The normalized spacial score (nSPS) is 11.4. The fourth-order valence-electron chi connectivity index (χ4n) is 1.47. The van der Waals surface area contributed by atoms with Crippen LogP contribution in [0.1, 0.15) is 0 Å². The Morgan fingerprint density at radius 2 is 1.60 bits per heavy atom. The van der Waals surface area contributed by atoms with Crippen LogP contribution in [0.3, 0.4) is 0 Å². The number of anilines is 1. The maximum absolute atomic E-state index is 11.9. The molecule has 0 saturated heterocycles. The summed E-state index contributed by atoms with van der Waals surface area (Å²) in [6.45, 7) is 0. The third-order valence-corrected chi connectivity index (χ3v) is 3.02. The Kier molecular flexibility index (Phi) is 4.70. The maximum atomic E-state index is 11.9. The van der Waals surface area contributed by atoms with Crippen molar-refractivity contribution in [2.45, 2.75) is 0 Å². The minimum absolute atomic E-state index is 0.280. The van der Waals surface area contributed by atoms with Crippen LogP contribution >= 0.6 is 0 Å². The van der Waals surface area contributed by atoms with Crippen LogP contribution in [-0.4, -0.2) is 14.8 Å². The molecule has 0 radical (unpaired) electrons. The van der Waals surface area contributed by atoms with Gasteiger partial charge in [-0.2, -0.15) is 9.79 Å². The van der Waals surface area contributed by atoms with E-state index in [1.807, 2.05) is 0 Å². The van der Waals surface area contributed by atoms with E-state index in [0.29, 0.717) is 10.1 Å². The molecule has 0 heterocycles. The van der Waals surface area contributed by atoms with Gasteiger partial charge in [0.15, 0.2) is 5.75 Å². The SMILES string of the molecule is O=C(NOc1ccccc1)N(c1ccccc1)S(=O)O. The van der Waals surface area contributed by atoms with Crippen molar-refractivity contribution in [3.05, 3.63) is 60.7 Å². The van der Waals surface area contributed by atoms with Crippen molar-refractivity contribution in [1.29, 1.82) is 0 Å². The number of benzene rings is 2. The summed E-state index contributed by atoms with van der Waals surface area (Å²) < 4.78 is 21.2. The lowest BCUT2D eigenvalue weighted by Gasteiger charge is -2.18. The monoisotopic (exact) mass is 292 g/mol. The zero-order valence-electron chi connectivity index (χ0n) is 10.3. The minimum Gasteiger partial charge on any atom is -0.378 e. The third-order valence-electron chi connectivity index (χ3n) is 2.33. The Morgan fingerprint density at radius 3 is 2.15 bits per heavy atom. The summed E-state index contributed by atoms with van der Waals surface area (Å²) in [5.41, 5.74) is 2.39. The second-order valence-electron chi connectivity index (χ2n) is 3.68. The number of rotatable bonds is 4. The van der Waals surface area contributed by atoms with E-state index in [-0.39, 0.29) is 5.69 Å². The van der Waals surface area contributed by atoms with E-state index in [1.54, 1.807) is 48.5 Å². The van der Waals surface area contributed by atoms with E-state index in [9.17, 15) is 13.6 Å². The van der Waals surface area contributed by atoms with Crippen molar-refractivity contribution in [3.63, 3.8) is 0 Å². The van der Waals surface area contributed by atoms with Crippen LogP contribution in [0.5, 0.6) is 5.75 Å². The number of carbonyl (C=O) groups excluding carboxylic acids is 1. The van der Waals surface area contributed by atoms with Crippen molar-refractivity contribution in [2.24, 2.45) is 0 Å². The van der Waals surface area contributed by atoms with Crippen LogP contribution in [0.15, 0.2) is 60.7 Å². The fraction of sp³-hybridized carbons (Fsp3) is 0. The van der Waals surface area contributed by atoms with Gasteiger partial charge in [-0.25, -0.2) is 9.00 Å². The van der Waals surface area contributed by atoms with Crippen molar-refractivity contribution in [3.8, 4) is 5.75 Å². The molecule has 0 aliphatic heterocycles. The first-order valence-electron chi connectivity index (χ1n) is 5.66. The highest BCUT2D eigenvalue weighted by molar-refractivity contribution is 7.81. The van der Waals surface area contributed by atoms with Crippen LogP contribution in [0, 0.1) is 0 Å². The molecule has 7 heteroatoms. The molecule has 0 aromatic heterocycles. The minimum atomic E-state index is -2.50. The molecule has 0 spiro atoms. The first kappa shape index (κ1) is 14.0. The van der Waals surface area contributed by atoms with Gasteiger partial charge >= 0.3 is 6.03 Å². The van der Waals surface area contributed by atoms with Crippen molar-refractivity contribution in [2.75, 3.05) is 4.31 Å². The van der Waals surface area contributed by atoms with Crippen LogP contribution in [0.25, 0.3) is 0 Å². The van der Waals surface area contributed by atoms with Gasteiger partial charge in [-0.05, 0) is 24.3 Å². The number of nitrogens with one attached hydrogen (secondary N) is 1. The number of para-hydroxylation sites is 2. The second kappa shape index (κ2) is 6.69. The van der Waals surface area contributed by atoms with Crippen molar-refractivity contribution < 1.29 is 18.4 Å². The van der Waals surface area contributed by atoms with Gasteiger partial charge in [-0.15, -0.1) is 0 Å². The largest absolute Gasteiger partial charge is 0.378 e. The number of amides is 2. The number of hydroxylamine groups is 1. The van der Waals surface area contributed by atoms with Crippen molar-refractivity contribution >= 4 is 23.0 Å². The van der Waals surface area contributed by atoms with Crippen LogP contribution < -0.4 is 14.6 Å². The molecule has 2 amide bonds. The predicted molar refractivity (Wildman–Crippen MR) is 75.3 cm³/mol. The predicted octanol–water partition coefficient (Wildman–Crippen LogP) is 2.33. The molecular formula is C13H12N2O4S. The van der Waals surface area contributed by atoms with E-state index in [0.717, 1.165) is 0 Å². The lowest BCUT2D eigenvalue weighted by molar-refractivity contribution is 0.186. The topological polar surface area (TPSA) is 78.9 Å². The van der Waals surface area contributed by atoms with E-state index in [2.05, 4.69) is 5.48 Å². The Labute approximate surface area is 118 Å². The molecule has 6 nitrogen and oxygen atoms in total. The Hall–Kier alpha value is -2.38. The third kappa shape index (κ3) is 3.56. The molecule has 104 valence electrons. The Morgan fingerprint density at radius 1 is 1.05 bits per heavy atom. The molecule has 0 saturated carbocycles. The average Bonchev–Trinajstić information content (AvgIpc) is 2.47. The standard InChI is InChI=1S/C13H12N2O4S/c16-13(14-19-12-9-5-2-6-10-12)15(20(17)18)11-7-3-1-4-8-11/h1-10H,(H,14,16)(H,17,18). The summed E-state index contributed by atoms with van der Waals surface area (Å²) in [7, 11) is 0. The summed E-state index contributed by atoms with van der Waals surface area (Å²) in [6, 6.07) is 15.8. The number of urea groups is 1. The fourth-order valence-corrected chi connectivity index (χ4v) is 1.96. The van der Waals surface area contributed by atoms with Gasteiger partial charge in [0, 0.05) is 0 Å². The lowest BCUT2D eigenvalue weighted by atomic mass is 10.3. The highest BCUT2D eigenvalue weighted by Crippen LogP contribution is 2.15. The van der Waals surface area contributed by atoms with Gasteiger partial charge < -0.3 is 4.84 Å². The number of hydrogen-bond donors (Lipinski definition) is 2. The first-order valence-corrected chi connectivity index (χ1v) is 6.73. The lowest BCUT2D eigenvalue weighted by Crippen LogP contribution is -2.42. The molecule has 2 aromatic carbocycles. The molecular weight excluding hydrogens is 280 g/mol. The molecule has 0 bridgehead atoms. The van der Waals surface area contributed by atoms with E-state index in [1.165, 1.54) is 12.1 Å². The van der Waals surface area contributed by atoms with E-state index in [4.69, 9.17) is 4.84 Å². The highest BCUT2D eigenvalue weighted by atomic mass is 32.2. The van der Waals surface area contributed by atoms with Gasteiger partial charge in [-0.3, -0.25) is 4.55 Å². The molecule has 2 rings (SSSR count). The first-order chi connectivity index (χ1) is 9.68. The van der Waals surface area contributed by atoms with Gasteiger partial charge in [0.05, 0.1) is 5.69 Å². The smallest absolute Gasteiger partial charge is 0.368 e. The number of nitrogens with zero attached hydrogens (tertiary/aromatic N) is 1. The molecule has 2 N–H and O–H groups in total. The number of carbonyl (C=O) groups is 1. The Balaban J connectivity index is 2.07. The van der Waals surface area contributed by atoms with Crippen molar-refractivity contribution in [1.82, 2.24) is 5.48 Å². The van der Waals surface area contributed by atoms with E-state index >= 15 is 0 Å². The molecule has 20 heavy (non-hydrogen) atoms. The summed E-state index contributed by atoms with van der Waals surface area (Å²) in [6.07, 6.45) is 0. The molecule has 1 atom stereocenters. The summed E-state index contributed by atoms with van der Waals surface area (Å²) in [4.78, 5) is 16.9. The molecule has 0 aliphatic rings. The molecule has 2 aromatic rings. The average molecular weight is 292 g/mol. The van der Waals surface area contributed by atoms with Crippen LogP contribution in [0.2, 0.25) is 0 Å². The van der Waals surface area contributed by atoms with Crippen LogP contribution in [-0.2, 0) is 11.3 Å². The maximum Gasteiger partial charge on any atom is 0.368 e. The number of hydrogen-bond acceptors (Lipinski definition) is 3. The molecule has 0 fully saturated rings. The molecule has 1 unspecified atom stereocenters. The molecule has 0 aliphatic carbocycles. The summed E-state index contributed by atoms with van der Waals surface area (Å²) >= 11 is -2.50. The quantitative estimate of drug-likeness (QED) is 0.669. The Bertz CT molecular complexity index is 592. The van der Waals surface area contributed by atoms with Gasteiger partial charge in [0.2, 0.25) is 0 Å². The zero-order valence-corrected chi connectivity index (χ0v) is 11.1. The summed E-state index contributed by atoms with van der Waals surface area (Å²) in [5, 5.41) is 0.